The van der Waals surface area contributed by atoms with Crippen molar-refractivity contribution in [2.24, 2.45) is 4.99 Å². The van der Waals surface area contributed by atoms with E-state index < -0.39 is 0 Å². The van der Waals surface area contributed by atoms with Gasteiger partial charge in [-0.05, 0) is 70.8 Å². The molecule has 1 aliphatic rings. The van der Waals surface area contributed by atoms with Gasteiger partial charge in [0, 0.05) is 38.2 Å². The second-order valence-corrected chi connectivity index (χ2v) is 13.3. The normalized spacial score (nSPS) is 14.1. The third-order valence-electron chi connectivity index (χ3n) is 10.2. The van der Waals surface area contributed by atoms with Gasteiger partial charge in [-0.3, -0.25) is 4.57 Å². The first-order valence-electron chi connectivity index (χ1n) is 17.6. The van der Waals surface area contributed by atoms with E-state index in [1.807, 2.05) is 36.4 Å². The summed E-state index contributed by atoms with van der Waals surface area (Å²) < 4.78 is 8.65. The van der Waals surface area contributed by atoms with Crippen LogP contribution >= 0.6 is 0 Å². The Balaban J connectivity index is 1.10. The van der Waals surface area contributed by atoms with Crippen LogP contribution in [0, 0.1) is 0 Å². The number of aliphatic imine (C=N–C) groups is 1. The van der Waals surface area contributed by atoms with Gasteiger partial charge in [-0.25, -0.2) is 4.99 Å². The van der Waals surface area contributed by atoms with Gasteiger partial charge >= 0.3 is 0 Å². The summed E-state index contributed by atoms with van der Waals surface area (Å²) in [5.41, 5.74) is 14.9. The van der Waals surface area contributed by atoms with Crippen LogP contribution in [0.2, 0.25) is 0 Å². The molecule has 0 unspecified atom stereocenters. The number of allylic oxidation sites excluding steroid dienone is 4. The van der Waals surface area contributed by atoms with Gasteiger partial charge in [-0.1, -0.05) is 140 Å². The standard InChI is InChI=1S/C49H32N2O/c1-32(50-48(36-13-4-2-5-14-36)37-15-6-3-7-16-37)51-44-21-10-8-18-42(44)47-43-31-38(28-27-35(43)29-30-45(47)51)33-23-25-34(26-24-33)39-19-12-20-41-40-17-9-11-22-46(40)52-49(39)41/h2-6,8-31H,1H3/b48-37-,50-32?. The van der Waals surface area contributed by atoms with Crippen molar-refractivity contribution >= 4 is 66.0 Å². The zero-order chi connectivity index (χ0) is 34.6. The van der Waals surface area contributed by atoms with Crippen LogP contribution in [0.5, 0.6) is 0 Å². The maximum Gasteiger partial charge on any atom is 0.143 e. The van der Waals surface area contributed by atoms with Gasteiger partial charge in [0.05, 0.1) is 16.7 Å². The number of benzene rings is 7. The highest BCUT2D eigenvalue weighted by Gasteiger charge is 2.17. The number of hydrogen-bond donors (Lipinski definition) is 0. The number of aromatic nitrogens is 1. The Labute approximate surface area is 301 Å². The lowest BCUT2D eigenvalue weighted by molar-refractivity contribution is 0.670. The molecule has 10 rings (SSSR count). The minimum absolute atomic E-state index is 0.902. The smallest absolute Gasteiger partial charge is 0.143 e. The van der Waals surface area contributed by atoms with Crippen molar-refractivity contribution in [1.82, 2.24) is 4.57 Å². The summed E-state index contributed by atoms with van der Waals surface area (Å²) in [5.74, 6) is 0.902. The summed E-state index contributed by atoms with van der Waals surface area (Å²) in [6.07, 6.45) is 8.04. The first-order chi connectivity index (χ1) is 25.7. The molecule has 0 N–H and O–H groups in total. The molecule has 1 aliphatic carbocycles. The van der Waals surface area contributed by atoms with E-state index in [2.05, 4.69) is 157 Å². The highest BCUT2D eigenvalue weighted by molar-refractivity contribution is 6.24. The number of fused-ring (bicyclic) bond motifs is 8. The fourth-order valence-corrected chi connectivity index (χ4v) is 7.78. The molecule has 0 spiro atoms. The lowest BCUT2D eigenvalue weighted by atomic mass is 9.96. The fourth-order valence-electron chi connectivity index (χ4n) is 7.78. The summed E-state index contributed by atoms with van der Waals surface area (Å²) >= 11 is 0. The molecule has 0 bridgehead atoms. The summed E-state index contributed by atoms with van der Waals surface area (Å²) in [7, 11) is 0. The first kappa shape index (κ1) is 29.9. The van der Waals surface area contributed by atoms with Crippen LogP contribution in [0.15, 0.2) is 197 Å². The minimum atomic E-state index is 0.902. The number of furan rings is 1. The monoisotopic (exact) mass is 664 g/mol. The van der Waals surface area contributed by atoms with Crippen molar-refractivity contribution in [1.29, 1.82) is 0 Å². The Morgan fingerprint density at radius 3 is 2.19 bits per heavy atom. The van der Waals surface area contributed by atoms with Gasteiger partial charge in [0.25, 0.3) is 0 Å². The zero-order valence-corrected chi connectivity index (χ0v) is 28.5. The van der Waals surface area contributed by atoms with Crippen LogP contribution in [-0.4, -0.2) is 10.4 Å². The fraction of sp³-hybridized carbons (Fsp3) is 0.0204. The lowest BCUT2D eigenvalue weighted by Gasteiger charge is -2.12. The molecule has 7 aromatic carbocycles. The van der Waals surface area contributed by atoms with Crippen LogP contribution < -0.4 is 0 Å². The number of rotatable bonds is 4. The number of nitrogens with zero attached hydrogens (tertiary/aromatic N) is 2. The maximum atomic E-state index is 6.35. The number of hydrogen-bond acceptors (Lipinski definition) is 2. The molecular formula is C49H32N2O. The molecule has 3 nitrogen and oxygen atoms in total. The second kappa shape index (κ2) is 12.1. The summed E-state index contributed by atoms with van der Waals surface area (Å²) in [5, 5.41) is 7.15. The van der Waals surface area contributed by atoms with Crippen molar-refractivity contribution in [3.05, 3.63) is 193 Å². The van der Waals surface area contributed by atoms with E-state index in [-0.39, 0.29) is 0 Å². The third kappa shape index (κ3) is 4.87. The van der Waals surface area contributed by atoms with E-state index in [4.69, 9.17) is 9.41 Å². The quantitative estimate of drug-likeness (QED) is 0.105. The van der Waals surface area contributed by atoms with Crippen LogP contribution in [0.1, 0.15) is 12.5 Å². The van der Waals surface area contributed by atoms with Crippen molar-refractivity contribution in [2.45, 2.75) is 6.92 Å². The van der Waals surface area contributed by atoms with E-state index in [1.165, 1.54) is 32.7 Å². The van der Waals surface area contributed by atoms with Gasteiger partial charge < -0.3 is 4.42 Å². The second-order valence-electron chi connectivity index (χ2n) is 13.3. The van der Waals surface area contributed by atoms with Crippen LogP contribution in [-0.2, 0) is 0 Å². The van der Waals surface area contributed by atoms with Gasteiger partial charge in [-0.2, -0.15) is 0 Å². The Kier molecular flexibility index (Phi) is 6.99. The van der Waals surface area contributed by atoms with E-state index in [9.17, 15) is 0 Å². The van der Waals surface area contributed by atoms with Gasteiger partial charge in [0.1, 0.15) is 17.0 Å². The third-order valence-corrected chi connectivity index (χ3v) is 10.2. The highest BCUT2D eigenvalue weighted by atomic mass is 16.3. The maximum absolute atomic E-state index is 6.35. The van der Waals surface area contributed by atoms with Crippen LogP contribution in [0.25, 0.3) is 82.5 Å². The van der Waals surface area contributed by atoms with Crippen molar-refractivity contribution in [2.75, 3.05) is 0 Å². The van der Waals surface area contributed by atoms with E-state index in [1.54, 1.807) is 0 Å². The van der Waals surface area contributed by atoms with Crippen LogP contribution in [0.3, 0.4) is 0 Å². The molecule has 2 aromatic heterocycles. The molecule has 0 radical (unpaired) electrons. The minimum Gasteiger partial charge on any atom is -0.455 e. The molecule has 0 saturated carbocycles. The zero-order valence-electron chi connectivity index (χ0n) is 28.5. The van der Waals surface area contributed by atoms with Crippen molar-refractivity contribution in [3.8, 4) is 22.3 Å². The Hall–Kier alpha value is -6.93. The molecule has 0 fully saturated rings. The summed E-state index contributed by atoms with van der Waals surface area (Å²) in [6, 6.07) is 53.9. The predicted molar refractivity (Wildman–Crippen MR) is 219 cm³/mol. The average Bonchev–Trinajstić information content (AvgIpc) is 3.77. The summed E-state index contributed by atoms with van der Waals surface area (Å²) in [4.78, 5) is 5.34. The molecule has 244 valence electrons. The van der Waals surface area contributed by atoms with E-state index in [0.717, 1.165) is 66.8 Å². The first-order valence-corrected chi connectivity index (χ1v) is 17.6. The van der Waals surface area contributed by atoms with Crippen molar-refractivity contribution in [3.63, 3.8) is 0 Å². The van der Waals surface area contributed by atoms with Gasteiger partial charge in [0.15, 0.2) is 0 Å². The van der Waals surface area contributed by atoms with E-state index >= 15 is 0 Å². The molecule has 52 heavy (non-hydrogen) atoms. The molecule has 3 heteroatoms. The molecule has 2 heterocycles. The SMILES string of the molecule is CC(=N/C(=C1\C=C=CC=C1)c1ccccc1)n1c2ccccc2c2c3cc(-c4ccc(-c5cccc6c5oc5ccccc56)cc4)ccc3ccc21. The molecule has 0 amide bonds. The average molecular weight is 665 g/mol. The highest BCUT2D eigenvalue weighted by Crippen LogP contribution is 2.39. The molecule has 0 atom stereocenters. The van der Waals surface area contributed by atoms with E-state index in [0.29, 0.717) is 0 Å². The summed E-state index contributed by atoms with van der Waals surface area (Å²) in [6.45, 7) is 2.11. The largest absolute Gasteiger partial charge is 0.455 e. The molecule has 0 aliphatic heterocycles. The molecule has 9 aromatic rings. The lowest BCUT2D eigenvalue weighted by Crippen LogP contribution is -2.08. The Bertz CT molecular complexity index is 3030. The van der Waals surface area contributed by atoms with Crippen LogP contribution in [0.4, 0.5) is 0 Å². The predicted octanol–water partition coefficient (Wildman–Crippen LogP) is 13.1. The molecule has 0 saturated heterocycles. The Morgan fingerprint density at radius 2 is 1.35 bits per heavy atom. The van der Waals surface area contributed by atoms with Gasteiger partial charge in [0.2, 0.25) is 0 Å². The topological polar surface area (TPSA) is 30.4 Å². The molecular weight excluding hydrogens is 633 g/mol. The number of para-hydroxylation sites is 3. The Morgan fingerprint density at radius 1 is 0.615 bits per heavy atom. The van der Waals surface area contributed by atoms with Gasteiger partial charge in [-0.15, -0.1) is 5.73 Å². The van der Waals surface area contributed by atoms with Crippen molar-refractivity contribution < 1.29 is 4.42 Å².